The van der Waals surface area contributed by atoms with Crippen LogP contribution >= 0.6 is 23.2 Å². The van der Waals surface area contributed by atoms with Crippen LogP contribution in [0.25, 0.3) is 10.9 Å². The van der Waals surface area contributed by atoms with Gasteiger partial charge in [-0.3, -0.25) is 14.8 Å². The first-order chi connectivity index (χ1) is 20.3. The van der Waals surface area contributed by atoms with Gasteiger partial charge in [-0.25, -0.2) is 0 Å². The van der Waals surface area contributed by atoms with Crippen molar-refractivity contribution >= 4 is 34.1 Å². The molecule has 0 amide bonds. The van der Waals surface area contributed by atoms with Crippen LogP contribution in [0.4, 0.5) is 0 Å². The van der Waals surface area contributed by atoms with E-state index in [0.29, 0.717) is 113 Å². The van der Waals surface area contributed by atoms with Gasteiger partial charge in [0.05, 0.1) is 57.9 Å². The van der Waals surface area contributed by atoms with E-state index in [4.69, 9.17) is 42.1 Å². The average molecular weight is 623 g/mol. The molecule has 4 rings (SSSR count). The van der Waals surface area contributed by atoms with Crippen LogP contribution in [0.15, 0.2) is 30.5 Å². The fourth-order valence-electron chi connectivity index (χ4n) is 4.85. The normalized spacial score (nSPS) is 18.1. The summed E-state index contributed by atoms with van der Waals surface area (Å²) in [5.41, 5.74) is 3.68. The molecule has 0 radical (unpaired) electrons. The van der Waals surface area contributed by atoms with Crippen molar-refractivity contribution in [3.8, 4) is 11.5 Å². The van der Waals surface area contributed by atoms with Crippen molar-refractivity contribution in [1.29, 1.82) is 0 Å². The fourth-order valence-corrected chi connectivity index (χ4v) is 5.40. The van der Waals surface area contributed by atoms with Gasteiger partial charge < -0.3 is 29.2 Å². The summed E-state index contributed by atoms with van der Waals surface area (Å²) in [4.78, 5) is 8.67. The van der Waals surface area contributed by atoms with Crippen LogP contribution in [-0.4, -0.2) is 104 Å². The maximum absolute atomic E-state index is 10.9. The molecule has 230 valence electrons. The number of ether oxygens (including phenoxy) is 4. The van der Waals surface area contributed by atoms with Gasteiger partial charge >= 0.3 is 0 Å². The number of hydrogen-bond acceptors (Lipinski definition) is 9. The average Bonchev–Trinajstić information content (AvgIpc) is 2.99. The van der Waals surface area contributed by atoms with E-state index in [0.717, 1.165) is 22.1 Å². The Bertz CT molecular complexity index is 1290. The third-order valence-electron chi connectivity index (χ3n) is 7.51. The van der Waals surface area contributed by atoms with Crippen molar-refractivity contribution in [2.24, 2.45) is 0 Å². The zero-order chi connectivity index (χ0) is 29.9. The summed E-state index contributed by atoms with van der Waals surface area (Å²) in [6.45, 7) is 11.4. The number of pyridine rings is 1. The first kappa shape index (κ1) is 32.7. The second kappa shape index (κ2) is 16.6. The van der Waals surface area contributed by atoms with E-state index in [9.17, 15) is 10.2 Å². The van der Waals surface area contributed by atoms with E-state index >= 15 is 0 Å². The molecule has 2 aromatic carbocycles. The molecular weight excluding hydrogens is 581 g/mol. The van der Waals surface area contributed by atoms with Crippen LogP contribution in [0.3, 0.4) is 0 Å². The van der Waals surface area contributed by atoms with Gasteiger partial charge in [-0.05, 0) is 49.2 Å². The molecule has 1 saturated heterocycles. The van der Waals surface area contributed by atoms with Crippen LogP contribution in [-0.2, 0) is 32.0 Å². The molecule has 3 aromatic rings. The smallest absolute Gasteiger partial charge is 0.146 e. The number of nitrogens with zero attached hydrogens (tertiary/aromatic N) is 3. The number of hydrogen-bond donors (Lipinski definition) is 2. The van der Waals surface area contributed by atoms with Gasteiger partial charge in [-0.2, -0.15) is 0 Å². The minimum Gasteiger partial charge on any atom is -0.507 e. The van der Waals surface area contributed by atoms with Gasteiger partial charge in [0, 0.05) is 67.0 Å². The Balaban J connectivity index is 1.31. The molecule has 42 heavy (non-hydrogen) atoms. The topological polar surface area (TPSA) is 96.8 Å². The van der Waals surface area contributed by atoms with Crippen molar-refractivity contribution in [2.75, 3.05) is 79.0 Å². The molecule has 0 aliphatic carbocycles. The van der Waals surface area contributed by atoms with Gasteiger partial charge in [0.2, 0.25) is 0 Å². The Kier molecular flexibility index (Phi) is 12.9. The summed E-state index contributed by atoms with van der Waals surface area (Å²) < 4.78 is 23.4. The molecule has 1 aromatic heterocycles. The van der Waals surface area contributed by atoms with Crippen molar-refractivity contribution in [3.63, 3.8) is 0 Å². The van der Waals surface area contributed by atoms with Crippen LogP contribution in [0.2, 0.25) is 10.0 Å². The number of aromatic hydroxyl groups is 2. The first-order valence-corrected chi connectivity index (χ1v) is 15.1. The molecule has 0 saturated carbocycles. The lowest BCUT2D eigenvalue weighted by molar-refractivity contribution is 0.00612. The minimum atomic E-state index is 0.142. The Morgan fingerprint density at radius 2 is 1.17 bits per heavy atom. The minimum absolute atomic E-state index is 0.142. The lowest BCUT2D eigenvalue weighted by Crippen LogP contribution is -2.32. The fraction of sp³-hybridized carbons (Fsp3) is 0.516. The van der Waals surface area contributed by atoms with Crippen molar-refractivity contribution in [1.82, 2.24) is 14.8 Å². The third-order valence-corrected chi connectivity index (χ3v) is 8.22. The van der Waals surface area contributed by atoms with Crippen molar-refractivity contribution in [3.05, 3.63) is 62.8 Å². The maximum atomic E-state index is 10.9. The summed E-state index contributed by atoms with van der Waals surface area (Å²) in [7, 11) is 0. The lowest BCUT2D eigenvalue weighted by atomic mass is 10.0. The molecule has 0 atom stereocenters. The van der Waals surface area contributed by atoms with E-state index in [-0.39, 0.29) is 11.5 Å². The highest BCUT2D eigenvalue weighted by Gasteiger charge is 2.17. The number of aromatic nitrogens is 1. The standard InChI is InChI=1S/C31H41Cl2N3O6/c1-22-23(2)30(37)24(18-27(22)32)20-35-6-10-39-14-16-41-12-8-36(9-13-42-17-15-40-11-7-35)21-25-19-28(33)26-4-3-5-34-29(26)31(25)38/h3-5,18-19,37-38H,6-17,20-21H2,1-2H3. The SMILES string of the molecule is Cc1c(Cl)cc(CN2CCOCCOCCN(Cc3cc(Cl)c4cccnc4c3O)CCOCCOCC2)c(O)c1C. The number of phenols is 2. The monoisotopic (exact) mass is 621 g/mol. The van der Waals surface area contributed by atoms with Gasteiger partial charge in [-0.1, -0.05) is 23.2 Å². The molecule has 0 bridgehead atoms. The largest absolute Gasteiger partial charge is 0.507 e. The second-order valence-corrected chi connectivity index (χ2v) is 11.2. The van der Waals surface area contributed by atoms with E-state index in [1.165, 1.54) is 0 Å². The molecule has 2 heterocycles. The van der Waals surface area contributed by atoms with E-state index in [2.05, 4.69) is 14.8 Å². The van der Waals surface area contributed by atoms with Crippen molar-refractivity contribution < 1.29 is 29.2 Å². The molecule has 1 aliphatic rings. The molecule has 2 N–H and O–H groups in total. The molecule has 1 fully saturated rings. The summed E-state index contributed by atoms with van der Waals surface area (Å²) in [5.74, 6) is 0.424. The maximum Gasteiger partial charge on any atom is 0.146 e. The predicted octanol–water partition coefficient (Wildman–Crippen LogP) is 4.95. The summed E-state index contributed by atoms with van der Waals surface area (Å²) in [6, 6.07) is 7.29. The molecule has 0 spiro atoms. The van der Waals surface area contributed by atoms with Gasteiger partial charge in [0.15, 0.2) is 0 Å². The summed E-state index contributed by atoms with van der Waals surface area (Å²) >= 11 is 12.9. The van der Waals surface area contributed by atoms with E-state index in [1.54, 1.807) is 18.3 Å². The number of benzene rings is 2. The van der Waals surface area contributed by atoms with Crippen LogP contribution < -0.4 is 0 Å². The van der Waals surface area contributed by atoms with Crippen molar-refractivity contribution in [2.45, 2.75) is 26.9 Å². The number of fused-ring (bicyclic) bond motifs is 1. The van der Waals surface area contributed by atoms with Gasteiger partial charge in [-0.15, -0.1) is 0 Å². The first-order valence-electron chi connectivity index (χ1n) is 14.3. The molecule has 9 nitrogen and oxygen atoms in total. The highest BCUT2D eigenvalue weighted by Crippen LogP contribution is 2.34. The summed E-state index contributed by atoms with van der Waals surface area (Å²) in [6.07, 6.45) is 1.65. The highest BCUT2D eigenvalue weighted by molar-refractivity contribution is 6.35. The van der Waals surface area contributed by atoms with E-state index < -0.39 is 0 Å². The van der Waals surface area contributed by atoms with E-state index in [1.807, 2.05) is 26.0 Å². The quantitative estimate of drug-likeness (QED) is 0.419. The predicted molar refractivity (Wildman–Crippen MR) is 165 cm³/mol. The van der Waals surface area contributed by atoms with Crippen LogP contribution in [0, 0.1) is 13.8 Å². The molecule has 1 aliphatic heterocycles. The van der Waals surface area contributed by atoms with Gasteiger partial charge in [0.1, 0.15) is 17.0 Å². The number of rotatable bonds is 4. The Labute approximate surface area is 257 Å². The third kappa shape index (κ3) is 9.14. The Morgan fingerprint density at radius 1 is 0.690 bits per heavy atom. The molecule has 11 heteroatoms. The second-order valence-electron chi connectivity index (χ2n) is 10.4. The Hall–Kier alpha value is -2.21. The number of halogens is 2. The van der Waals surface area contributed by atoms with Crippen LogP contribution in [0.1, 0.15) is 22.3 Å². The Morgan fingerprint density at radius 3 is 1.69 bits per heavy atom. The number of phenolic OH excluding ortho intramolecular Hbond substituents is 2. The highest BCUT2D eigenvalue weighted by atomic mass is 35.5. The summed E-state index contributed by atoms with van der Waals surface area (Å²) in [5, 5.41) is 23.5. The molecular formula is C31H41Cl2N3O6. The lowest BCUT2D eigenvalue weighted by Gasteiger charge is -2.25. The van der Waals surface area contributed by atoms with Crippen LogP contribution in [0.5, 0.6) is 11.5 Å². The van der Waals surface area contributed by atoms with Gasteiger partial charge in [0.25, 0.3) is 0 Å². The zero-order valence-electron chi connectivity index (χ0n) is 24.4. The molecule has 0 unspecified atom stereocenters. The zero-order valence-corrected chi connectivity index (χ0v) is 25.9.